The highest BCUT2D eigenvalue weighted by Crippen LogP contribution is 2.23. The van der Waals surface area contributed by atoms with Gasteiger partial charge in [-0.3, -0.25) is 4.79 Å². The maximum absolute atomic E-state index is 12.6. The Hall–Kier alpha value is -3.80. The molecule has 0 amide bonds. The third-order valence-corrected chi connectivity index (χ3v) is 4.25. The molecule has 6 nitrogen and oxygen atoms in total. The fourth-order valence-electron chi connectivity index (χ4n) is 2.97. The van der Waals surface area contributed by atoms with E-state index in [1.807, 2.05) is 30.4 Å². The Morgan fingerprint density at radius 2 is 1.31 bits per heavy atom. The number of aromatic nitrogens is 1. The van der Waals surface area contributed by atoms with Gasteiger partial charge in [0.1, 0.15) is 22.8 Å². The molecule has 2 N–H and O–H groups in total. The number of hydrogen-bond acceptors (Lipinski definition) is 5. The minimum absolute atomic E-state index is 0.0625. The van der Waals surface area contributed by atoms with E-state index in [0.717, 1.165) is 11.4 Å². The second-order valence-electron chi connectivity index (χ2n) is 6.06. The fourth-order valence-corrected chi connectivity index (χ4v) is 2.97. The van der Waals surface area contributed by atoms with Crippen molar-refractivity contribution >= 4 is 35.1 Å². The molecule has 124 valence electrons. The largest absolute Gasteiger partial charge is 0.504 e. The lowest BCUT2D eigenvalue weighted by Gasteiger charge is -1.99. The zero-order valence-corrected chi connectivity index (χ0v) is 13.5. The van der Waals surface area contributed by atoms with E-state index >= 15 is 0 Å². The van der Waals surface area contributed by atoms with Crippen LogP contribution in [0.25, 0.3) is 12.2 Å². The normalized spacial score (nSPS) is 20.3. The third kappa shape index (κ3) is 2.36. The average molecular weight is 340 g/mol. The van der Waals surface area contributed by atoms with E-state index in [1.54, 1.807) is 30.4 Å². The van der Waals surface area contributed by atoms with Crippen LogP contribution in [0, 0.1) is 0 Å². The number of H-pyrrole nitrogens is 1. The summed E-state index contributed by atoms with van der Waals surface area (Å²) in [5, 5.41) is 10.4. The van der Waals surface area contributed by atoms with Gasteiger partial charge in [-0.25, -0.2) is 15.0 Å². The average Bonchev–Trinajstić information content (AvgIpc) is 3.41. The number of carbonyl (C=O) groups excluding carboxylic acids is 1. The van der Waals surface area contributed by atoms with Gasteiger partial charge in [0.2, 0.25) is 5.78 Å². The second-order valence-corrected chi connectivity index (χ2v) is 6.06. The van der Waals surface area contributed by atoms with E-state index in [9.17, 15) is 9.90 Å². The summed E-state index contributed by atoms with van der Waals surface area (Å²) in [6.45, 7) is 0. The minimum atomic E-state index is -0.285. The van der Waals surface area contributed by atoms with Gasteiger partial charge < -0.3 is 10.1 Å². The van der Waals surface area contributed by atoms with Gasteiger partial charge in [0, 0.05) is 11.4 Å². The Kier molecular flexibility index (Phi) is 2.99. The van der Waals surface area contributed by atoms with Crippen molar-refractivity contribution in [2.24, 2.45) is 15.0 Å². The highest BCUT2D eigenvalue weighted by Gasteiger charge is 2.23. The number of allylic oxidation sites excluding steroid dienone is 6. The maximum Gasteiger partial charge on any atom is 0.229 e. The fraction of sp³-hybridized carbons (Fsp3) is 0. The molecule has 0 radical (unpaired) electrons. The number of aromatic amines is 1. The van der Waals surface area contributed by atoms with Crippen LogP contribution >= 0.6 is 0 Å². The van der Waals surface area contributed by atoms with Crippen LogP contribution in [0.1, 0.15) is 11.4 Å². The quantitative estimate of drug-likeness (QED) is 0.760. The Balaban J connectivity index is 1.69. The molecule has 0 unspecified atom stereocenters. The molecule has 0 aromatic carbocycles. The number of nitrogens with zero attached hydrogens (tertiary/aromatic N) is 3. The van der Waals surface area contributed by atoms with E-state index in [2.05, 4.69) is 20.0 Å². The molecule has 0 fully saturated rings. The summed E-state index contributed by atoms with van der Waals surface area (Å²) in [5.74, 6) is -0.347. The number of Topliss-reactive ketones (excluding diaryl/α,β-unsaturated/α-hetero) is 1. The number of fused-ring (bicyclic) bond motifs is 5. The Morgan fingerprint density at radius 1 is 0.731 bits per heavy atom. The van der Waals surface area contributed by atoms with Gasteiger partial charge in [-0.2, -0.15) is 0 Å². The molecular formula is C20H12N4O2. The lowest BCUT2D eigenvalue weighted by Crippen LogP contribution is -2.18. The zero-order valence-electron chi connectivity index (χ0n) is 13.5. The van der Waals surface area contributed by atoms with Crippen LogP contribution < -0.4 is 0 Å². The number of nitrogens with one attached hydrogen (secondary N) is 1. The molecular weight excluding hydrogens is 328 g/mol. The van der Waals surface area contributed by atoms with Crippen LogP contribution in [0.5, 0.6) is 0 Å². The highest BCUT2D eigenvalue weighted by molar-refractivity contribution is 6.71. The molecule has 4 aliphatic heterocycles. The van der Waals surface area contributed by atoms with Crippen LogP contribution in [0.2, 0.25) is 0 Å². The summed E-state index contributed by atoms with van der Waals surface area (Å²) in [5.41, 5.74) is 4.42. The first kappa shape index (κ1) is 14.5. The number of carbonyl (C=O) groups is 1. The molecule has 0 saturated carbocycles. The summed E-state index contributed by atoms with van der Waals surface area (Å²) >= 11 is 0. The van der Waals surface area contributed by atoms with Gasteiger partial charge in [-0.05, 0) is 60.7 Å². The molecule has 1 aromatic heterocycles. The molecule has 8 bridgehead atoms. The van der Waals surface area contributed by atoms with E-state index in [0.29, 0.717) is 28.5 Å². The first-order valence-corrected chi connectivity index (χ1v) is 8.07. The maximum atomic E-state index is 12.6. The van der Waals surface area contributed by atoms with E-state index in [-0.39, 0.29) is 17.3 Å². The van der Waals surface area contributed by atoms with Gasteiger partial charge in [0.15, 0.2) is 5.76 Å². The van der Waals surface area contributed by atoms with Crippen LogP contribution in [-0.2, 0) is 4.79 Å². The van der Waals surface area contributed by atoms with E-state index < -0.39 is 0 Å². The van der Waals surface area contributed by atoms with Crippen LogP contribution in [0.4, 0.5) is 0 Å². The van der Waals surface area contributed by atoms with E-state index in [1.165, 1.54) is 0 Å². The first-order valence-electron chi connectivity index (χ1n) is 8.07. The summed E-state index contributed by atoms with van der Waals surface area (Å²) in [6.07, 6.45) is 13.9. The van der Waals surface area contributed by atoms with Gasteiger partial charge in [0.25, 0.3) is 0 Å². The summed E-state index contributed by atoms with van der Waals surface area (Å²) in [6, 6.07) is 3.86. The van der Waals surface area contributed by atoms with Crippen molar-refractivity contribution < 1.29 is 9.90 Å². The summed E-state index contributed by atoms with van der Waals surface area (Å²) in [4.78, 5) is 28.9. The number of ketones is 1. The standard InChI is InChI=1S/C20H12N4O2/c25-19-15-5-3-13(22-15)9-11-1-2-12(21-11)10-14-4-6-16(23-14)20(26)18-8-7-17(19)24-18/h1-10,21,25H. The van der Waals surface area contributed by atoms with E-state index in [4.69, 9.17) is 0 Å². The molecule has 4 aliphatic rings. The van der Waals surface area contributed by atoms with Crippen LogP contribution in [0.15, 0.2) is 86.4 Å². The van der Waals surface area contributed by atoms with Crippen LogP contribution in [-0.4, -0.2) is 33.0 Å². The number of aliphatic imine (C=N–C) groups is 3. The summed E-state index contributed by atoms with van der Waals surface area (Å²) < 4.78 is 0. The van der Waals surface area contributed by atoms with Gasteiger partial charge >= 0.3 is 0 Å². The molecule has 1 aromatic rings. The Bertz CT molecular complexity index is 1140. The molecule has 6 heteroatoms. The van der Waals surface area contributed by atoms with Crippen LogP contribution in [0.3, 0.4) is 0 Å². The smallest absolute Gasteiger partial charge is 0.229 e. The predicted octanol–water partition coefficient (Wildman–Crippen LogP) is 3.08. The Morgan fingerprint density at radius 3 is 2.04 bits per heavy atom. The van der Waals surface area contributed by atoms with Gasteiger partial charge in [-0.15, -0.1) is 0 Å². The number of aliphatic hydroxyl groups is 1. The molecule has 5 heterocycles. The predicted molar refractivity (Wildman–Crippen MR) is 101 cm³/mol. The highest BCUT2D eigenvalue weighted by atomic mass is 16.3. The molecule has 0 saturated heterocycles. The van der Waals surface area contributed by atoms with Crippen molar-refractivity contribution in [1.82, 2.24) is 4.98 Å². The lowest BCUT2D eigenvalue weighted by molar-refractivity contribution is -0.107. The van der Waals surface area contributed by atoms with Crippen molar-refractivity contribution in [2.45, 2.75) is 0 Å². The second kappa shape index (κ2) is 5.35. The molecule has 0 spiro atoms. The monoisotopic (exact) mass is 340 g/mol. The molecule has 0 aliphatic carbocycles. The zero-order chi connectivity index (χ0) is 17.7. The Labute approximate surface area is 148 Å². The third-order valence-electron chi connectivity index (χ3n) is 4.25. The van der Waals surface area contributed by atoms with Crippen molar-refractivity contribution in [2.75, 3.05) is 0 Å². The van der Waals surface area contributed by atoms with Crippen molar-refractivity contribution in [3.05, 3.63) is 82.8 Å². The van der Waals surface area contributed by atoms with Crippen molar-refractivity contribution in [1.29, 1.82) is 0 Å². The molecule has 5 rings (SSSR count). The SMILES string of the molecule is O=C1C2=NC(=Cc3ccc([nH]3)C=C3C=CC(=N3)C(O)=C3C=CC1=N3)C=C2. The molecule has 26 heavy (non-hydrogen) atoms. The van der Waals surface area contributed by atoms with Crippen molar-refractivity contribution in [3.8, 4) is 0 Å². The summed E-state index contributed by atoms with van der Waals surface area (Å²) in [7, 11) is 0. The minimum Gasteiger partial charge on any atom is -0.504 e. The number of aliphatic hydroxyl groups excluding tert-OH is 1. The van der Waals surface area contributed by atoms with Crippen molar-refractivity contribution in [3.63, 3.8) is 0 Å². The number of hydrogen-bond donors (Lipinski definition) is 2. The number of rotatable bonds is 0. The van der Waals surface area contributed by atoms with Gasteiger partial charge in [-0.1, -0.05) is 0 Å². The lowest BCUT2D eigenvalue weighted by atomic mass is 10.1. The molecule has 0 atom stereocenters. The first-order chi connectivity index (χ1) is 12.7. The topological polar surface area (TPSA) is 90.2 Å². The van der Waals surface area contributed by atoms with Gasteiger partial charge in [0.05, 0.1) is 11.4 Å².